The first-order chi connectivity index (χ1) is 13.9. The Hall–Kier alpha value is -2.44. The minimum absolute atomic E-state index is 0.130. The number of ether oxygens (including phenoxy) is 1. The van der Waals surface area contributed by atoms with E-state index in [0.717, 1.165) is 37.3 Å². The molecule has 6 heteroatoms. The van der Waals surface area contributed by atoms with E-state index in [1.807, 2.05) is 7.05 Å². The number of halogens is 1. The van der Waals surface area contributed by atoms with Crippen molar-refractivity contribution in [3.63, 3.8) is 0 Å². The van der Waals surface area contributed by atoms with Crippen molar-refractivity contribution >= 4 is 5.91 Å². The van der Waals surface area contributed by atoms with Crippen LogP contribution in [0.25, 0.3) is 0 Å². The van der Waals surface area contributed by atoms with Crippen molar-refractivity contribution in [2.45, 2.75) is 20.0 Å². The Balaban J connectivity index is 1.46. The number of piperazine rings is 1. The Morgan fingerprint density at radius 3 is 2.38 bits per heavy atom. The molecule has 5 nitrogen and oxygen atoms in total. The SMILES string of the molecule is COc1ccc(F)cc1CN1CCN(CC(=O)N(C)Cc2ccc(C)cc2)CC1. The maximum Gasteiger partial charge on any atom is 0.236 e. The van der Waals surface area contributed by atoms with Crippen LogP contribution in [0.2, 0.25) is 0 Å². The lowest BCUT2D eigenvalue weighted by atomic mass is 10.1. The third kappa shape index (κ3) is 6.02. The van der Waals surface area contributed by atoms with Crippen molar-refractivity contribution in [2.75, 3.05) is 46.9 Å². The van der Waals surface area contributed by atoms with Gasteiger partial charge in [0.1, 0.15) is 11.6 Å². The lowest BCUT2D eigenvalue weighted by Gasteiger charge is -2.35. The number of carbonyl (C=O) groups is 1. The number of nitrogens with zero attached hydrogens (tertiary/aromatic N) is 3. The fraction of sp³-hybridized carbons (Fsp3) is 0.435. The molecule has 0 radical (unpaired) electrons. The summed E-state index contributed by atoms with van der Waals surface area (Å²) in [5, 5.41) is 0. The molecule has 1 aliphatic rings. The molecule has 0 bridgehead atoms. The van der Waals surface area contributed by atoms with Crippen molar-refractivity contribution in [1.82, 2.24) is 14.7 Å². The highest BCUT2D eigenvalue weighted by Crippen LogP contribution is 2.21. The van der Waals surface area contributed by atoms with Gasteiger partial charge < -0.3 is 9.64 Å². The molecule has 2 aromatic rings. The van der Waals surface area contributed by atoms with Gasteiger partial charge in [0, 0.05) is 51.9 Å². The quantitative estimate of drug-likeness (QED) is 0.717. The van der Waals surface area contributed by atoms with E-state index in [1.165, 1.54) is 17.7 Å². The topological polar surface area (TPSA) is 36.0 Å². The summed E-state index contributed by atoms with van der Waals surface area (Å²) in [5.41, 5.74) is 3.21. The second-order valence-electron chi connectivity index (χ2n) is 7.74. The van der Waals surface area contributed by atoms with Crippen LogP contribution in [-0.4, -0.2) is 67.5 Å². The summed E-state index contributed by atoms with van der Waals surface area (Å²) in [7, 11) is 3.46. The molecular weight excluding hydrogens is 369 g/mol. The van der Waals surface area contributed by atoms with E-state index in [0.29, 0.717) is 25.4 Å². The van der Waals surface area contributed by atoms with Crippen molar-refractivity contribution in [3.05, 3.63) is 65.0 Å². The zero-order valence-corrected chi connectivity index (χ0v) is 17.5. The van der Waals surface area contributed by atoms with E-state index < -0.39 is 0 Å². The van der Waals surface area contributed by atoms with Gasteiger partial charge in [-0.1, -0.05) is 29.8 Å². The molecule has 1 amide bonds. The van der Waals surface area contributed by atoms with Gasteiger partial charge in [-0.05, 0) is 30.7 Å². The number of likely N-dealkylation sites (N-methyl/N-ethyl adjacent to an activating group) is 1. The largest absolute Gasteiger partial charge is 0.496 e. The number of amides is 1. The third-order valence-corrected chi connectivity index (χ3v) is 5.43. The van der Waals surface area contributed by atoms with Crippen LogP contribution in [0.1, 0.15) is 16.7 Å². The molecule has 156 valence electrons. The van der Waals surface area contributed by atoms with Crippen molar-refractivity contribution < 1.29 is 13.9 Å². The van der Waals surface area contributed by atoms with Gasteiger partial charge in [-0.15, -0.1) is 0 Å². The number of hydrogen-bond acceptors (Lipinski definition) is 4. The summed E-state index contributed by atoms with van der Waals surface area (Å²) in [6, 6.07) is 12.9. The van der Waals surface area contributed by atoms with Crippen LogP contribution in [-0.2, 0) is 17.9 Å². The number of methoxy groups -OCH3 is 1. The molecule has 0 N–H and O–H groups in total. The van der Waals surface area contributed by atoms with Crippen LogP contribution in [0.3, 0.4) is 0 Å². The molecule has 1 heterocycles. The van der Waals surface area contributed by atoms with Gasteiger partial charge in [0.2, 0.25) is 5.91 Å². The minimum atomic E-state index is -0.248. The molecule has 29 heavy (non-hydrogen) atoms. The van der Waals surface area contributed by atoms with Crippen LogP contribution in [0.4, 0.5) is 4.39 Å². The Kier molecular flexibility index (Phi) is 7.23. The zero-order chi connectivity index (χ0) is 20.8. The summed E-state index contributed by atoms with van der Waals surface area (Å²) >= 11 is 0. The van der Waals surface area contributed by atoms with E-state index in [-0.39, 0.29) is 11.7 Å². The van der Waals surface area contributed by atoms with E-state index in [2.05, 4.69) is 41.0 Å². The normalized spacial score (nSPS) is 15.3. The molecule has 1 saturated heterocycles. The summed E-state index contributed by atoms with van der Waals surface area (Å²) < 4.78 is 18.9. The van der Waals surface area contributed by atoms with Gasteiger partial charge >= 0.3 is 0 Å². The lowest BCUT2D eigenvalue weighted by Crippen LogP contribution is -2.49. The Morgan fingerprint density at radius 2 is 1.72 bits per heavy atom. The molecule has 2 aromatic carbocycles. The average Bonchev–Trinajstić information content (AvgIpc) is 2.71. The van der Waals surface area contributed by atoms with Crippen molar-refractivity contribution in [3.8, 4) is 5.75 Å². The first-order valence-corrected chi connectivity index (χ1v) is 10.0. The standard InChI is InChI=1S/C23H30FN3O2/c1-18-4-6-19(7-5-18)15-25(2)23(28)17-27-12-10-26(11-13-27)16-20-14-21(24)8-9-22(20)29-3/h4-9,14H,10-13,15-17H2,1-3H3. The number of rotatable bonds is 7. The maximum atomic E-state index is 13.6. The lowest BCUT2D eigenvalue weighted by molar-refractivity contribution is -0.132. The monoisotopic (exact) mass is 399 g/mol. The highest BCUT2D eigenvalue weighted by Gasteiger charge is 2.21. The zero-order valence-electron chi connectivity index (χ0n) is 17.5. The molecule has 1 aliphatic heterocycles. The van der Waals surface area contributed by atoms with Gasteiger partial charge in [0.05, 0.1) is 13.7 Å². The molecule has 1 fully saturated rings. The van der Waals surface area contributed by atoms with Crippen molar-refractivity contribution in [2.24, 2.45) is 0 Å². The molecule has 0 aliphatic carbocycles. The molecule has 0 atom stereocenters. The smallest absolute Gasteiger partial charge is 0.236 e. The second kappa shape index (κ2) is 9.85. The molecule has 3 rings (SSSR count). The van der Waals surface area contributed by atoms with Gasteiger partial charge in [0.15, 0.2) is 0 Å². The Bertz CT molecular complexity index is 817. The third-order valence-electron chi connectivity index (χ3n) is 5.43. The van der Waals surface area contributed by atoms with Crippen LogP contribution in [0, 0.1) is 12.7 Å². The highest BCUT2D eigenvalue weighted by atomic mass is 19.1. The summed E-state index contributed by atoms with van der Waals surface area (Å²) in [4.78, 5) is 18.8. The molecular formula is C23H30FN3O2. The van der Waals surface area contributed by atoms with Crippen LogP contribution >= 0.6 is 0 Å². The fourth-order valence-corrected chi connectivity index (χ4v) is 3.58. The maximum absolute atomic E-state index is 13.6. The predicted octanol–water partition coefficient (Wildman–Crippen LogP) is 2.92. The van der Waals surface area contributed by atoms with E-state index in [9.17, 15) is 9.18 Å². The molecule has 0 unspecified atom stereocenters. The fourth-order valence-electron chi connectivity index (χ4n) is 3.58. The van der Waals surface area contributed by atoms with Crippen LogP contribution in [0.15, 0.2) is 42.5 Å². The Morgan fingerprint density at radius 1 is 1.07 bits per heavy atom. The molecule has 0 spiro atoms. The molecule has 0 aromatic heterocycles. The first-order valence-electron chi connectivity index (χ1n) is 10.0. The van der Waals surface area contributed by atoms with Gasteiger partial charge in [-0.3, -0.25) is 14.6 Å². The second-order valence-corrected chi connectivity index (χ2v) is 7.74. The van der Waals surface area contributed by atoms with Crippen LogP contribution in [0.5, 0.6) is 5.75 Å². The summed E-state index contributed by atoms with van der Waals surface area (Å²) in [6.45, 7) is 7.09. The van der Waals surface area contributed by atoms with Gasteiger partial charge in [-0.25, -0.2) is 4.39 Å². The number of hydrogen-bond donors (Lipinski definition) is 0. The van der Waals surface area contributed by atoms with E-state index >= 15 is 0 Å². The number of aryl methyl sites for hydroxylation is 1. The first kappa shape index (κ1) is 21.3. The number of benzene rings is 2. The molecule has 0 saturated carbocycles. The van der Waals surface area contributed by atoms with E-state index in [1.54, 1.807) is 18.1 Å². The van der Waals surface area contributed by atoms with Gasteiger partial charge in [-0.2, -0.15) is 0 Å². The Labute approximate surface area is 172 Å². The van der Waals surface area contributed by atoms with Crippen molar-refractivity contribution in [1.29, 1.82) is 0 Å². The summed E-state index contributed by atoms with van der Waals surface area (Å²) in [6.07, 6.45) is 0. The average molecular weight is 400 g/mol. The van der Waals surface area contributed by atoms with Crippen LogP contribution < -0.4 is 4.74 Å². The number of carbonyl (C=O) groups excluding carboxylic acids is 1. The minimum Gasteiger partial charge on any atom is -0.496 e. The summed E-state index contributed by atoms with van der Waals surface area (Å²) in [5.74, 6) is 0.592. The van der Waals surface area contributed by atoms with Gasteiger partial charge in [0.25, 0.3) is 0 Å². The predicted molar refractivity (Wildman–Crippen MR) is 112 cm³/mol. The van der Waals surface area contributed by atoms with E-state index in [4.69, 9.17) is 4.74 Å². The highest BCUT2D eigenvalue weighted by molar-refractivity contribution is 5.78.